The van der Waals surface area contributed by atoms with Gasteiger partial charge in [-0.1, -0.05) is 0 Å². The second kappa shape index (κ2) is 5.22. The maximum atomic E-state index is 10.8. The molecule has 3 N–H and O–H groups in total. The van der Waals surface area contributed by atoms with Crippen LogP contribution < -0.4 is 10.6 Å². The number of benzene rings is 1. The van der Waals surface area contributed by atoms with Crippen LogP contribution in [-0.2, 0) is 0 Å². The molecule has 0 fully saturated rings. The Morgan fingerprint density at radius 3 is 2.50 bits per heavy atom. The van der Waals surface area contributed by atoms with Crippen LogP contribution in [0.2, 0.25) is 0 Å². The molecule has 0 radical (unpaired) electrons. The number of nitro benzene ring substituents is 1. The van der Waals surface area contributed by atoms with E-state index in [1.54, 1.807) is 19.9 Å². The van der Waals surface area contributed by atoms with Gasteiger partial charge >= 0.3 is 0 Å². The third-order valence-electron chi connectivity index (χ3n) is 2.46. The van der Waals surface area contributed by atoms with Crippen LogP contribution in [0.15, 0.2) is 18.2 Å². The van der Waals surface area contributed by atoms with Crippen molar-refractivity contribution in [3.8, 4) is 0 Å². The highest BCUT2D eigenvalue weighted by atomic mass is 16.6. The number of aliphatic hydroxyl groups is 1. The van der Waals surface area contributed by atoms with Crippen molar-refractivity contribution in [1.82, 2.24) is 0 Å². The van der Waals surface area contributed by atoms with Crippen LogP contribution in [0.3, 0.4) is 0 Å². The summed E-state index contributed by atoms with van der Waals surface area (Å²) in [7, 11) is 0. The number of anilines is 2. The molecule has 0 aliphatic carbocycles. The molecule has 0 bridgehead atoms. The molecule has 6 heteroatoms. The molecular formula is C12H19N3O3. The van der Waals surface area contributed by atoms with E-state index >= 15 is 0 Å². The van der Waals surface area contributed by atoms with Gasteiger partial charge in [0.15, 0.2) is 0 Å². The van der Waals surface area contributed by atoms with Crippen LogP contribution >= 0.6 is 0 Å². The van der Waals surface area contributed by atoms with E-state index in [-0.39, 0.29) is 5.69 Å². The number of hydrogen-bond donors (Lipinski definition) is 2. The van der Waals surface area contributed by atoms with E-state index in [2.05, 4.69) is 0 Å². The molecule has 0 unspecified atom stereocenters. The zero-order chi connectivity index (χ0) is 13.9. The number of nitro groups is 1. The lowest BCUT2D eigenvalue weighted by Crippen LogP contribution is -2.38. The minimum absolute atomic E-state index is 0.0424. The molecule has 0 aliphatic heterocycles. The lowest BCUT2D eigenvalue weighted by atomic mass is 10.1. The fraction of sp³-hybridized carbons (Fsp3) is 0.500. The monoisotopic (exact) mass is 253 g/mol. The number of likely N-dealkylation sites (N-methyl/N-ethyl adjacent to an activating group) is 1. The molecule has 1 aromatic carbocycles. The Kier molecular flexibility index (Phi) is 4.13. The third-order valence-corrected chi connectivity index (χ3v) is 2.46. The van der Waals surface area contributed by atoms with Crippen LogP contribution in [0.4, 0.5) is 17.1 Å². The molecule has 0 atom stereocenters. The summed E-state index contributed by atoms with van der Waals surface area (Å²) in [6.07, 6.45) is 0. The Morgan fingerprint density at radius 1 is 1.44 bits per heavy atom. The minimum Gasteiger partial charge on any atom is -0.398 e. The van der Waals surface area contributed by atoms with Crippen molar-refractivity contribution in [1.29, 1.82) is 0 Å². The molecule has 1 aromatic rings. The number of nitrogens with zero attached hydrogens (tertiary/aromatic N) is 2. The summed E-state index contributed by atoms with van der Waals surface area (Å²) in [5.74, 6) is 0. The quantitative estimate of drug-likeness (QED) is 0.474. The second-order valence-electron chi connectivity index (χ2n) is 4.87. The summed E-state index contributed by atoms with van der Waals surface area (Å²) in [4.78, 5) is 12.2. The molecule has 0 saturated heterocycles. The Morgan fingerprint density at radius 2 is 2.06 bits per heavy atom. The van der Waals surface area contributed by atoms with Crippen LogP contribution in [0.25, 0.3) is 0 Å². The molecule has 0 spiro atoms. The van der Waals surface area contributed by atoms with Gasteiger partial charge in [0.2, 0.25) is 0 Å². The fourth-order valence-corrected chi connectivity index (χ4v) is 1.76. The molecule has 0 aromatic heterocycles. The maximum absolute atomic E-state index is 10.8. The number of nitrogen functional groups attached to an aromatic ring is 1. The van der Waals surface area contributed by atoms with Crippen molar-refractivity contribution < 1.29 is 10.0 Å². The van der Waals surface area contributed by atoms with Gasteiger partial charge in [-0.2, -0.15) is 0 Å². The topological polar surface area (TPSA) is 92.6 Å². The average Bonchev–Trinajstić information content (AvgIpc) is 2.23. The first-order valence-electron chi connectivity index (χ1n) is 5.75. The number of nitrogens with two attached hydrogens (primary N) is 1. The lowest BCUT2D eigenvalue weighted by Gasteiger charge is -2.29. The zero-order valence-electron chi connectivity index (χ0n) is 10.9. The van der Waals surface area contributed by atoms with E-state index in [9.17, 15) is 15.2 Å². The predicted molar refractivity (Wildman–Crippen MR) is 71.7 cm³/mol. The SMILES string of the molecule is CCN(CC(C)(C)O)c1cc(N)cc([N+](=O)[O-])c1. The Labute approximate surface area is 106 Å². The summed E-state index contributed by atoms with van der Waals surface area (Å²) < 4.78 is 0. The number of non-ortho nitro benzene ring substituents is 1. The molecule has 0 saturated carbocycles. The molecule has 6 nitrogen and oxygen atoms in total. The highest BCUT2D eigenvalue weighted by Gasteiger charge is 2.19. The maximum Gasteiger partial charge on any atom is 0.273 e. The summed E-state index contributed by atoms with van der Waals surface area (Å²) in [5.41, 5.74) is 5.72. The van der Waals surface area contributed by atoms with Crippen LogP contribution in [0, 0.1) is 10.1 Å². The predicted octanol–water partition coefficient (Wildman–Crippen LogP) is 1.77. The van der Waals surface area contributed by atoms with Gasteiger partial charge in [-0.05, 0) is 26.8 Å². The zero-order valence-corrected chi connectivity index (χ0v) is 10.9. The Balaban J connectivity index is 3.09. The van der Waals surface area contributed by atoms with Crippen molar-refractivity contribution in [2.75, 3.05) is 23.7 Å². The van der Waals surface area contributed by atoms with E-state index < -0.39 is 10.5 Å². The van der Waals surface area contributed by atoms with E-state index in [0.717, 1.165) is 0 Å². The molecular weight excluding hydrogens is 234 g/mol. The van der Waals surface area contributed by atoms with Crippen LogP contribution in [-0.4, -0.2) is 28.7 Å². The summed E-state index contributed by atoms with van der Waals surface area (Å²) >= 11 is 0. The van der Waals surface area contributed by atoms with Gasteiger partial charge in [0.05, 0.1) is 10.5 Å². The Bertz CT molecular complexity index is 441. The summed E-state index contributed by atoms with van der Waals surface area (Å²) in [6, 6.07) is 4.45. The van der Waals surface area contributed by atoms with Gasteiger partial charge in [0, 0.05) is 36.6 Å². The molecule has 100 valence electrons. The first-order chi connectivity index (χ1) is 8.23. The van der Waals surface area contributed by atoms with Crippen molar-refractivity contribution in [3.63, 3.8) is 0 Å². The fourth-order valence-electron chi connectivity index (χ4n) is 1.76. The highest BCUT2D eigenvalue weighted by molar-refractivity contribution is 5.62. The normalized spacial score (nSPS) is 11.3. The molecule has 0 aliphatic rings. The summed E-state index contributed by atoms with van der Waals surface area (Å²) in [6.45, 7) is 6.31. The van der Waals surface area contributed by atoms with E-state index in [1.807, 2.05) is 11.8 Å². The first-order valence-corrected chi connectivity index (χ1v) is 5.75. The molecule has 1 rings (SSSR count). The van der Waals surface area contributed by atoms with Gasteiger partial charge < -0.3 is 15.7 Å². The standard InChI is InChI=1S/C12H19N3O3/c1-4-14(8-12(2,3)16)10-5-9(13)6-11(7-10)15(17)18/h5-7,16H,4,8,13H2,1-3H3. The van der Waals surface area contributed by atoms with Gasteiger partial charge in [-0.3, -0.25) is 10.1 Å². The van der Waals surface area contributed by atoms with Gasteiger partial charge in [-0.25, -0.2) is 0 Å². The smallest absolute Gasteiger partial charge is 0.273 e. The van der Waals surface area contributed by atoms with Crippen molar-refractivity contribution in [3.05, 3.63) is 28.3 Å². The van der Waals surface area contributed by atoms with Gasteiger partial charge in [-0.15, -0.1) is 0 Å². The number of hydrogen-bond acceptors (Lipinski definition) is 5. The van der Waals surface area contributed by atoms with E-state index in [4.69, 9.17) is 5.73 Å². The molecule has 18 heavy (non-hydrogen) atoms. The first kappa shape index (κ1) is 14.2. The van der Waals surface area contributed by atoms with Crippen molar-refractivity contribution in [2.45, 2.75) is 26.4 Å². The number of rotatable bonds is 5. The van der Waals surface area contributed by atoms with Gasteiger partial charge in [0.25, 0.3) is 5.69 Å². The summed E-state index contributed by atoms with van der Waals surface area (Å²) in [5, 5.41) is 20.6. The highest BCUT2D eigenvalue weighted by Crippen LogP contribution is 2.26. The largest absolute Gasteiger partial charge is 0.398 e. The van der Waals surface area contributed by atoms with E-state index in [1.165, 1.54) is 12.1 Å². The van der Waals surface area contributed by atoms with Crippen molar-refractivity contribution >= 4 is 17.1 Å². The van der Waals surface area contributed by atoms with E-state index in [0.29, 0.717) is 24.5 Å². The minimum atomic E-state index is -0.880. The second-order valence-corrected chi connectivity index (χ2v) is 4.87. The van der Waals surface area contributed by atoms with Crippen LogP contribution in [0.1, 0.15) is 20.8 Å². The average molecular weight is 253 g/mol. The molecule has 0 amide bonds. The lowest BCUT2D eigenvalue weighted by molar-refractivity contribution is -0.384. The molecule has 0 heterocycles. The van der Waals surface area contributed by atoms with Crippen molar-refractivity contribution in [2.24, 2.45) is 0 Å². The van der Waals surface area contributed by atoms with Crippen LogP contribution in [0.5, 0.6) is 0 Å². The third kappa shape index (κ3) is 3.89. The Hall–Kier alpha value is -1.82. The van der Waals surface area contributed by atoms with Gasteiger partial charge in [0.1, 0.15) is 0 Å².